The Kier molecular flexibility index (Phi) is 4.61. The van der Waals surface area contributed by atoms with Gasteiger partial charge in [-0.2, -0.15) is 0 Å². The number of nitrogens with one attached hydrogen (secondary N) is 2. The van der Waals surface area contributed by atoms with Crippen molar-refractivity contribution in [2.45, 2.75) is 13.8 Å². The maximum Gasteiger partial charge on any atom is 0.319 e. The van der Waals surface area contributed by atoms with Gasteiger partial charge in [0.2, 0.25) is 0 Å². The number of rotatable bonds is 4. The summed E-state index contributed by atoms with van der Waals surface area (Å²) in [6.45, 7) is 3.97. The Bertz CT molecular complexity index is 462. The van der Waals surface area contributed by atoms with Gasteiger partial charge in [-0.3, -0.25) is 0 Å². The number of amides is 2. The second-order valence-corrected chi connectivity index (χ2v) is 5.01. The van der Waals surface area contributed by atoms with Crippen LogP contribution < -0.4 is 16.4 Å². The number of carbonyl (C=O) groups is 1. The fourth-order valence-corrected chi connectivity index (χ4v) is 1.20. The highest BCUT2D eigenvalue weighted by Crippen LogP contribution is 2.14. The van der Waals surface area contributed by atoms with E-state index in [1.807, 2.05) is 13.8 Å². The predicted molar refractivity (Wildman–Crippen MR) is 74.0 cm³/mol. The average Bonchev–Trinajstić information content (AvgIpc) is 2.26. The van der Waals surface area contributed by atoms with Gasteiger partial charge in [0.25, 0.3) is 0 Å². The summed E-state index contributed by atoms with van der Waals surface area (Å²) in [6.07, 6.45) is 0. The van der Waals surface area contributed by atoms with Crippen LogP contribution in [0.2, 0.25) is 0 Å². The lowest BCUT2D eigenvalue weighted by molar-refractivity contribution is 0.249. The lowest BCUT2D eigenvalue weighted by Gasteiger charge is -2.23. The molecule has 0 aromatic heterocycles. The molecule has 0 radical (unpaired) electrons. The molecule has 1 aromatic rings. The van der Waals surface area contributed by atoms with Crippen molar-refractivity contribution in [3.63, 3.8) is 0 Å². The van der Waals surface area contributed by atoms with Gasteiger partial charge in [0.1, 0.15) is 5.82 Å². The van der Waals surface area contributed by atoms with Crippen molar-refractivity contribution >= 4 is 28.9 Å². The minimum absolute atomic E-state index is 0.309. The summed E-state index contributed by atoms with van der Waals surface area (Å²) in [6, 6.07) is 5.23. The van der Waals surface area contributed by atoms with Gasteiger partial charge >= 0.3 is 6.03 Å². The molecule has 0 saturated carbocycles. The van der Waals surface area contributed by atoms with E-state index in [0.29, 0.717) is 17.2 Å². The van der Waals surface area contributed by atoms with E-state index in [1.165, 1.54) is 18.2 Å². The molecule has 0 unspecified atom stereocenters. The van der Waals surface area contributed by atoms with Gasteiger partial charge in [0, 0.05) is 17.6 Å². The fourth-order valence-electron chi connectivity index (χ4n) is 1.13. The maximum atomic E-state index is 12.9. The summed E-state index contributed by atoms with van der Waals surface area (Å²) in [7, 11) is 0. The number of nitrogens with two attached hydrogens (primary N) is 1. The monoisotopic (exact) mass is 269 g/mol. The second-order valence-electron chi connectivity index (χ2n) is 4.57. The largest absolute Gasteiger partial charge is 0.393 e. The Morgan fingerprint density at radius 2 is 2.17 bits per heavy atom. The highest BCUT2D eigenvalue weighted by molar-refractivity contribution is 7.80. The molecule has 0 saturated heterocycles. The van der Waals surface area contributed by atoms with Crippen LogP contribution in [-0.2, 0) is 0 Å². The van der Waals surface area contributed by atoms with Gasteiger partial charge in [-0.1, -0.05) is 32.1 Å². The van der Waals surface area contributed by atoms with Crippen molar-refractivity contribution in [1.29, 1.82) is 0 Å². The van der Waals surface area contributed by atoms with E-state index in [4.69, 9.17) is 18.0 Å². The highest BCUT2D eigenvalue weighted by atomic mass is 32.1. The number of hydrogen-bond donors (Lipinski definition) is 3. The van der Waals surface area contributed by atoms with Crippen molar-refractivity contribution in [2.75, 3.05) is 11.9 Å². The van der Waals surface area contributed by atoms with E-state index >= 15 is 0 Å². The number of carbonyl (C=O) groups excluding carboxylic acids is 1. The molecule has 6 heteroatoms. The molecule has 0 heterocycles. The third kappa shape index (κ3) is 4.29. The fraction of sp³-hybridized carbons (Fsp3) is 0.333. The Labute approximate surface area is 111 Å². The summed E-state index contributed by atoms with van der Waals surface area (Å²) in [5.41, 5.74) is 5.46. The van der Waals surface area contributed by atoms with E-state index in [2.05, 4.69) is 10.6 Å². The summed E-state index contributed by atoms with van der Waals surface area (Å²) >= 11 is 4.89. The van der Waals surface area contributed by atoms with Gasteiger partial charge in [-0.25, -0.2) is 9.18 Å². The first-order valence-corrected chi connectivity index (χ1v) is 5.82. The van der Waals surface area contributed by atoms with Gasteiger partial charge in [-0.15, -0.1) is 0 Å². The molecule has 0 aliphatic heterocycles. The van der Waals surface area contributed by atoms with Crippen LogP contribution in [0.4, 0.5) is 14.9 Å². The van der Waals surface area contributed by atoms with Gasteiger partial charge < -0.3 is 16.4 Å². The number of halogens is 1. The molecule has 18 heavy (non-hydrogen) atoms. The highest BCUT2D eigenvalue weighted by Gasteiger charge is 2.21. The first kappa shape index (κ1) is 14.4. The maximum absolute atomic E-state index is 12.9. The van der Waals surface area contributed by atoms with Crippen LogP contribution >= 0.6 is 12.2 Å². The summed E-state index contributed by atoms with van der Waals surface area (Å²) in [5, 5.41) is 5.15. The molecule has 0 bridgehead atoms. The molecular formula is C12H16FN3OS. The third-order valence-corrected chi connectivity index (χ3v) is 2.99. The van der Waals surface area contributed by atoms with Crippen LogP contribution in [0, 0.1) is 11.2 Å². The molecule has 0 aliphatic rings. The summed E-state index contributed by atoms with van der Waals surface area (Å²) in [4.78, 5) is 11.9. The van der Waals surface area contributed by atoms with E-state index in [9.17, 15) is 9.18 Å². The van der Waals surface area contributed by atoms with E-state index in [0.717, 1.165) is 0 Å². The standard InChI is InChI=1S/C12H16FN3OS/c1-12(2,10(14)18)7-15-11(17)16-9-5-3-4-8(13)6-9/h3-6H,7H2,1-2H3,(H2,14,18)(H2,15,16,17). The van der Waals surface area contributed by atoms with E-state index in [-0.39, 0.29) is 0 Å². The number of urea groups is 1. The SMILES string of the molecule is CC(C)(CNC(=O)Nc1cccc(F)c1)C(N)=S. The van der Waals surface area contributed by atoms with Crippen molar-refractivity contribution in [3.05, 3.63) is 30.1 Å². The smallest absolute Gasteiger partial charge is 0.319 e. The molecule has 1 rings (SSSR count). The summed E-state index contributed by atoms with van der Waals surface area (Å²) in [5.74, 6) is -0.406. The Hall–Kier alpha value is -1.69. The van der Waals surface area contributed by atoms with Crippen molar-refractivity contribution in [3.8, 4) is 0 Å². The van der Waals surface area contributed by atoms with Crippen molar-refractivity contribution in [2.24, 2.45) is 11.1 Å². The zero-order valence-corrected chi connectivity index (χ0v) is 11.1. The van der Waals surface area contributed by atoms with E-state index in [1.54, 1.807) is 6.07 Å². The Morgan fingerprint density at radius 3 is 2.72 bits per heavy atom. The Morgan fingerprint density at radius 1 is 1.50 bits per heavy atom. The lowest BCUT2D eigenvalue weighted by Crippen LogP contribution is -2.42. The van der Waals surface area contributed by atoms with Crippen LogP contribution in [0.15, 0.2) is 24.3 Å². The zero-order valence-electron chi connectivity index (χ0n) is 10.3. The van der Waals surface area contributed by atoms with Crippen molar-refractivity contribution < 1.29 is 9.18 Å². The Balaban J connectivity index is 2.50. The minimum Gasteiger partial charge on any atom is -0.393 e. The summed E-state index contributed by atoms with van der Waals surface area (Å²) < 4.78 is 12.9. The third-order valence-electron chi connectivity index (χ3n) is 2.44. The van der Waals surface area contributed by atoms with E-state index < -0.39 is 17.3 Å². The first-order chi connectivity index (χ1) is 8.31. The molecule has 0 spiro atoms. The normalized spacial score (nSPS) is 10.8. The van der Waals surface area contributed by atoms with Crippen LogP contribution in [0.1, 0.15) is 13.8 Å². The molecule has 98 valence electrons. The number of hydrogen-bond acceptors (Lipinski definition) is 2. The quantitative estimate of drug-likeness (QED) is 0.734. The molecule has 4 nitrogen and oxygen atoms in total. The number of anilines is 1. The topological polar surface area (TPSA) is 67.2 Å². The molecule has 2 amide bonds. The van der Waals surface area contributed by atoms with Gasteiger partial charge in [0.05, 0.1) is 4.99 Å². The number of benzene rings is 1. The van der Waals surface area contributed by atoms with Crippen molar-refractivity contribution in [1.82, 2.24) is 5.32 Å². The molecule has 0 atom stereocenters. The van der Waals surface area contributed by atoms with Crippen LogP contribution in [0.3, 0.4) is 0 Å². The minimum atomic E-state index is -0.464. The van der Waals surface area contributed by atoms with Crippen LogP contribution in [0.25, 0.3) is 0 Å². The first-order valence-electron chi connectivity index (χ1n) is 5.41. The lowest BCUT2D eigenvalue weighted by atomic mass is 9.94. The zero-order chi connectivity index (χ0) is 13.8. The van der Waals surface area contributed by atoms with Gasteiger partial charge in [0.15, 0.2) is 0 Å². The van der Waals surface area contributed by atoms with Crippen LogP contribution in [-0.4, -0.2) is 17.6 Å². The molecular weight excluding hydrogens is 253 g/mol. The predicted octanol–water partition coefficient (Wildman–Crippen LogP) is 2.26. The molecule has 0 fully saturated rings. The number of thiocarbonyl (C=S) groups is 1. The molecule has 4 N–H and O–H groups in total. The molecule has 1 aromatic carbocycles. The van der Waals surface area contributed by atoms with Gasteiger partial charge in [-0.05, 0) is 18.2 Å². The van der Waals surface area contributed by atoms with Crippen LogP contribution in [0.5, 0.6) is 0 Å². The average molecular weight is 269 g/mol. The second kappa shape index (κ2) is 5.77. The molecule has 0 aliphatic carbocycles.